The highest BCUT2D eigenvalue weighted by Gasteiger charge is 2.21. The Kier molecular flexibility index (Phi) is 5.45. The normalized spacial score (nSPS) is 13.8. The number of fused-ring (bicyclic) bond motifs is 1. The second-order valence-corrected chi connectivity index (χ2v) is 9.56. The lowest BCUT2D eigenvalue weighted by Crippen LogP contribution is -2.34. The number of rotatable bonds is 7. The van der Waals surface area contributed by atoms with Gasteiger partial charge in [0.2, 0.25) is 10.0 Å². The number of nitrogens with one attached hydrogen (secondary N) is 2. The molecule has 1 unspecified atom stereocenters. The van der Waals surface area contributed by atoms with Crippen LogP contribution in [0.3, 0.4) is 0 Å². The molecule has 0 fully saturated rings. The molecule has 2 aromatic carbocycles. The summed E-state index contributed by atoms with van der Waals surface area (Å²) in [6.07, 6.45) is 3.58. The quantitative estimate of drug-likeness (QED) is 0.617. The van der Waals surface area contributed by atoms with Crippen LogP contribution in [0.1, 0.15) is 45.2 Å². The number of sulfonamides is 1. The first-order valence-corrected chi connectivity index (χ1v) is 10.9. The van der Waals surface area contributed by atoms with E-state index in [2.05, 4.69) is 36.5 Å². The van der Waals surface area contributed by atoms with E-state index in [-0.39, 0.29) is 11.5 Å². The van der Waals surface area contributed by atoms with Crippen LogP contribution >= 0.6 is 0 Å². The summed E-state index contributed by atoms with van der Waals surface area (Å²) in [4.78, 5) is 3.55. The molecule has 0 aliphatic carbocycles. The average molecular weight is 385 g/mol. The summed E-state index contributed by atoms with van der Waals surface area (Å²) < 4.78 is 28.3. The maximum atomic E-state index is 12.7. The smallest absolute Gasteiger partial charge is 0.240 e. The van der Waals surface area contributed by atoms with Crippen molar-refractivity contribution in [2.24, 2.45) is 0 Å². The molecule has 0 amide bonds. The van der Waals surface area contributed by atoms with E-state index >= 15 is 0 Å². The van der Waals surface area contributed by atoms with Gasteiger partial charge in [-0.3, -0.25) is 0 Å². The van der Waals surface area contributed by atoms with Gasteiger partial charge in [0.15, 0.2) is 0 Å². The van der Waals surface area contributed by atoms with E-state index in [9.17, 15) is 8.42 Å². The van der Waals surface area contributed by atoms with Crippen LogP contribution < -0.4 is 4.72 Å². The first-order valence-electron chi connectivity index (χ1n) is 9.41. The van der Waals surface area contributed by atoms with Crippen LogP contribution in [0.15, 0.2) is 59.6 Å². The van der Waals surface area contributed by atoms with Crippen LogP contribution in [0.25, 0.3) is 10.9 Å². The molecule has 5 heteroatoms. The van der Waals surface area contributed by atoms with E-state index in [1.54, 1.807) is 12.1 Å². The van der Waals surface area contributed by atoms with Crippen LogP contribution in [0.4, 0.5) is 0 Å². The molecule has 144 valence electrons. The molecule has 1 aromatic heterocycles. The van der Waals surface area contributed by atoms with Crippen LogP contribution in [0, 0.1) is 0 Å². The highest BCUT2D eigenvalue weighted by atomic mass is 32.2. The summed E-state index contributed by atoms with van der Waals surface area (Å²) >= 11 is 0. The fourth-order valence-electron chi connectivity index (χ4n) is 3.29. The van der Waals surface area contributed by atoms with Gasteiger partial charge in [-0.15, -0.1) is 0 Å². The van der Waals surface area contributed by atoms with E-state index in [1.807, 2.05) is 43.5 Å². The van der Waals surface area contributed by atoms with Gasteiger partial charge in [0.1, 0.15) is 0 Å². The lowest BCUT2D eigenvalue weighted by Gasteiger charge is -2.23. The van der Waals surface area contributed by atoms with Crippen molar-refractivity contribution in [3.8, 4) is 0 Å². The third-order valence-electron chi connectivity index (χ3n) is 5.39. The van der Waals surface area contributed by atoms with Crippen molar-refractivity contribution in [1.82, 2.24) is 9.71 Å². The number of hydrogen-bond donors (Lipinski definition) is 2. The monoisotopic (exact) mass is 384 g/mol. The number of benzene rings is 2. The number of hydrogen-bond acceptors (Lipinski definition) is 2. The van der Waals surface area contributed by atoms with Gasteiger partial charge in [0.25, 0.3) is 0 Å². The molecule has 1 heterocycles. The SMILES string of the molecule is CCC(C)(C)c1ccc(S(=O)(=O)NC(C)Cc2c[nH]c3ccccc23)cc1. The maximum absolute atomic E-state index is 12.7. The van der Waals surface area contributed by atoms with Gasteiger partial charge in [0, 0.05) is 23.1 Å². The molecule has 0 spiro atoms. The molecule has 2 N–H and O–H groups in total. The van der Waals surface area contributed by atoms with Gasteiger partial charge in [-0.05, 0) is 54.5 Å². The lowest BCUT2D eigenvalue weighted by molar-refractivity contribution is 0.505. The van der Waals surface area contributed by atoms with Crippen LogP contribution in [0.2, 0.25) is 0 Å². The highest BCUT2D eigenvalue weighted by Crippen LogP contribution is 2.27. The number of aromatic amines is 1. The second kappa shape index (κ2) is 7.49. The van der Waals surface area contributed by atoms with E-state index in [0.717, 1.165) is 28.5 Å². The Balaban J connectivity index is 1.74. The number of H-pyrrole nitrogens is 1. The highest BCUT2D eigenvalue weighted by molar-refractivity contribution is 7.89. The van der Waals surface area contributed by atoms with Crippen LogP contribution in [-0.2, 0) is 21.9 Å². The van der Waals surface area contributed by atoms with Crippen LogP contribution in [-0.4, -0.2) is 19.4 Å². The summed E-state index contributed by atoms with van der Waals surface area (Å²) in [7, 11) is -3.55. The van der Waals surface area contributed by atoms with Crippen molar-refractivity contribution in [2.75, 3.05) is 0 Å². The second-order valence-electron chi connectivity index (χ2n) is 7.85. The Morgan fingerprint density at radius 3 is 2.41 bits per heavy atom. The van der Waals surface area contributed by atoms with E-state index in [1.165, 1.54) is 0 Å². The van der Waals surface area contributed by atoms with Crippen LogP contribution in [0.5, 0.6) is 0 Å². The molecule has 1 atom stereocenters. The molecule has 0 aliphatic rings. The minimum atomic E-state index is -3.55. The molecule has 0 aliphatic heterocycles. The minimum absolute atomic E-state index is 0.0400. The molecule has 3 aromatic rings. The van der Waals surface area contributed by atoms with Crippen molar-refractivity contribution in [2.45, 2.75) is 56.9 Å². The summed E-state index contributed by atoms with van der Waals surface area (Å²) in [6, 6.07) is 15.1. The molecular weight excluding hydrogens is 356 g/mol. The minimum Gasteiger partial charge on any atom is -0.361 e. The Morgan fingerprint density at radius 2 is 1.74 bits per heavy atom. The van der Waals surface area contributed by atoms with Gasteiger partial charge >= 0.3 is 0 Å². The van der Waals surface area contributed by atoms with E-state index in [4.69, 9.17) is 0 Å². The van der Waals surface area contributed by atoms with Crippen molar-refractivity contribution >= 4 is 20.9 Å². The molecule has 4 nitrogen and oxygen atoms in total. The summed E-state index contributed by atoms with van der Waals surface area (Å²) in [5.74, 6) is 0. The Hall–Kier alpha value is -2.11. The first kappa shape index (κ1) is 19.6. The standard InChI is InChI=1S/C22H28N2O2S/c1-5-22(3,4)18-10-12-19(13-11-18)27(25,26)24-16(2)14-17-15-23-21-9-7-6-8-20(17)21/h6-13,15-16,23-24H,5,14H2,1-4H3. The molecule has 0 saturated carbocycles. The van der Waals surface area contributed by atoms with Gasteiger partial charge < -0.3 is 4.98 Å². The van der Waals surface area contributed by atoms with Gasteiger partial charge in [-0.1, -0.05) is 51.1 Å². The fraction of sp³-hybridized carbons (Fsp3) is 0.364. The van der Waals surface area contributed by atoms with E-state index < -0.39 is 10.0 Å². The third kappa shape index (κ3) is 4.25. The molecule has 27 heavy (non-hydrogen) atoms. The summed E-state index contributed by atoms with van der Waals surface area (Å²) in [6.45, 7) is 8.36. The topological polar surface area (TPSA) is 62.0 Å². The third-order valence-corrected chi connectivity index (χ3v) is 6.99. The first-order chi connectivity index (χ1) is 12.7. The van der Waals surface area contributed by atoms with Crippen molar-refractivity contribution in [3.63, 3.8) is 0 Å². The van der Waals surface area contributed by atoms with E-state index in [0.29, 0.717) is 11.3 Å². The largest absolute Gasteiger partial charge is 0.361 e. The van der Waals surface area contributed by atoms with Gasteiger partial charge in [0.05, 0.1) is 4.90 Å². The summed E-state index contributed by atoms with van der Waals surface area (Å²) in [5.41, 5.74) is 3.37. The molecule has 3 rings (SSSR count). The zero-order valence-electron chi connectivity index (χ0n) is 16.4. The zero-order chi connectivity index (χ0) is 19.7. The molecular formula is C22H28N2O2S. The lowest BCUT2D eigenvalue weighted by atomic mass is 9.82. The van der Waals surface area contributed by atoms with Crippen molar-refractivity contribution < 1.29 is 8.42 Å². The molecule has 0 saturated heterocycles. The predicted molar refractivity (Wildman–Crippen MR) is 112 cm³/mol. The fourth-order valence-corrected chi connectivity index (χ4v) is 4.54. The average Bonchev–Trinajstić information content (AvgIpc) is 3.04. The summed E-state index contributed by atoms with van der Waals surface area (Å²) in [5, 5.41) is 1.13. The maximum Gasteiger partial charge on any atom is 0.240 e. The Morgan fingerprint density at radius 1 is 1.07 bits per heavy atom. The molecule has 0 bridgehead atoms. The predicted octanol–water partition coefficient (Wildman–Crippen LogP) is 4.77. The number of aromatic nitrogens is 1. The number of para-hydroxylation sites is 1. The van der Waals surface area contributed by atoms with Crippen molar-refractivity contribution in [1.29, 1.82) is 0 Å². The molecule has 0 radical (unpaired) electrons. The zero-order valence-corrected chi connectivity index (χ0v) is 17.2. The Labute approximate surface area is 162 Å². The van der Waals surface area contributed by atoms with Crippen molar-refractivity contribution in [3.05, 3.63) is 65.9 Å². The van der Waals surface area contributed by atoms with Gasteiger partial charge in [-0.2, -0.15) is 0 Å². The van der Waals surface area contributed by atoms with Gasteiger partial charge in [-0.25, -0.2) is 13.1 Å². The Bertz CT molecular complexity index is 1020.